The minimum absolute atomic E-state index is 0.00385. The van der Waals surface area contributed by atoms with E-state index in [1.54, 1.807) is 0 Å². The van der Waals surface area contributed by atoms with Gasteiger partial charge in [-0.15, -0.1) is 0 Å². The lowest BCUT2D eigenvalue weighted by atomic mass is 9.85. The third-order valence-corrected chi connectivity index (χ3v) is 4.59. The quantitative estimate of drug-likeness (QED) is 0.825. The molecule has 0 atom stereocenters. The molecule has 2 heterocycles. The van der Waals surface area contributed by atoms with Crippen LogP contribution in [-0.2, 0) is 14.3 Å². The van der Waals surface area contributed by atoms with Gasteiger partial charge < -0.3 is 15.0 Å². The Morgan fingerprint density at radius 1 is 1.26 bits per heavy atom. The van der Waals surface area contributed by atoms with Crippen LogP contribution in [0, 0.1) is 5.92 Å². The molecule has 0 aromatic carbocycles. The number of nitrogens with one attached hydrogen (secondary N) is 1. The summed E-state index contributed by atoms with van der Waals surface area (Å²) in [7, 11) is 0. The van der Waals surface area contributed by atoms with Gasteiger partial charge in [0.1, 0.15) is 5.54 Å². The Labute approximate surface area is 114 Å². The third kappa shape index (κ3) is 2.61. The van der Waals surface area contributed by atoms with Crippen molar-refractivity contribution in [2.45, 2.75) is 45.1 Å². The molecule has 2 rings (SSSR count). The fourth-order valence-corrected chi connectivity index (χ4v) is 3.19. The highest BCUT2D eigenvalue weighted by Crippen LogP contribution is 2.30. The van der Waals surface area contributed by atoms with Crippen molar-refractivity contribution in [2.24, 2.45) is 5.92 Å². The zero-order valence-corrected chi connectivity index (χ0v) is 11.9. The van der Waals surface area contributed by atoms with E-state index in [4.69, 9.17) is 4.74 Å². The van der Waals surface area contributed by atoms with Crippen LogP contribution in [0.25, 0.3) is 0 Å². The molecule has 108 valence electrons. The predicted molar refractivity (Wildman–Crippen MR) is 71.6 cm³/mol. The highest BCUT2D eigenvalue weighted by molar-refractivity contribution is 5.97. The summed E-state index contributed by atoms with van der Waals surface area (Å²) >= 11 is 0. The molecule has 1 N–H and O–H groups in total. The Balaban J connectivity index is 2.16. The summed E-state index contributed by atoms with van der Waals surface area (Å²) in [6, 6.07) is 0. The number of carbonyl (C=O) groups is 2. The number of hydrogen-bond acceptors (Lipinski definition) is 3. The van der Waals surface area contributed by atoms with E-state index in [0.717, 1.165) is 26.1 Å². The summed E-state index contributed by atoms with van der Waals surface area (Å²) in [5.74, 6) is 0.514. The van der Waals surface area contributed by atoms with Gasteiger partial charge in [-0.05, 0) is 31.6 Å². The summed E-state index contributed by atoms with van der Waals surface area (Å²) in [4.78, 5) is 26.3. The second-order valence-corrected chi connectivity index (χ2v) is 5.48. The average Bonchev–Trinajstić information content (AvgIpc) is 2.45. The molecule has 5 nitrogen and oxygen atoms in total. The van der Waals surface area contributed by atoms with Gasteiger partial charge in [-0.3, -0.25) is 9.59 Å². The molecular formula is C14H24N2O3. The van der Waals surface area contributed by atoms with E-state index >= 15 is 0 Å². The maximum absolute atomic E-state index is 12.2. The van der Waals surface area contributed by atoms with Crippen LogP contribution >= 0.6 is 0 Å². The van der Waals surface area contributed by atoms with Gasteiger partial charge in [-0.1, -0.05) is 13.8 Å². The fourth-order valence-electron chi connectivity index (χ4n) is 3.19. The second-order valence-electron chi connectivity index (χ2n) is 5.48. The molecule has 0 aliphatic carbocycles. The van der Waals surface area contributed by atoms with E-state index in [9.17, 15) is 9.59 Å². The Morgan fingerprint density at radius 3 is 2.47 bits per heavy atom. The van der Waals surface area contributed by atoms with Crippen LogP contribution in [0.4, 0.5) is 0 Å². The second kappa shape index (κ2) is 5.90. The van der Waals surface area contributed by atoms with Gasteiger partial charge in [0.15, 0.2) is 0 Å². The lowest BCUT2D eigenvalue weighted by Gasteiger charge is -2.46. The Kier molecular flexibility index (Phi) is 4.45. The largest absolute Gasteiger partial charge is 0.381 e. The maximum atomic E-state index is 12.2. The van der Waals surface area contributed by atoms with Gasteiger partial charge >= 0.3 is 0 Å². The highest BCUT2D eigenvalue weighted by atomic mass is 16.5. The van der Waals surface area contributed by atoms with Gasteiger partial charge in [-0.25, -0.2) is 0 Å². The van der Waals surface area contributed by atoms with E-state index in [1.165, 1.54) is 0 Å². The highest BCUT2D eigenvalue weighted by Gasteiger charge is 2.47. The number of ether oxygens (including phenoxy) is 1. The number of carbonyl (C=O) groups excluding carboxylic acids is 2. The molecule has 0 spiro atoms. The predicted octanol–water partition coefficient (Wildman–Crippen LogP) is 0.930. The molecule has 0 radical (unpaired) electrons. The van der Waals surface area contributed by atoms with Crippen molar-refractivity contribution in [1.82, 2.24) is 10.2 Å². The summed E-state index contributed by atoms with van der Waals surface area (Å²) in [6.07, 6.45) is 3.30. The van der Waals surface area contributed by atoms with Crippen LogP contribution in [0.15, 0.2) is 0 Å². The van der Waals surface area contributed by atoms with Crippen molar-refractivity contribution >= 4 is 11.8 Å². The van der Waals surface area contributed by atoms with Gasteiger partial charge in [0.05, 0.1) is 6.54 Å². The van der Waals surface area contributed by atoms with Crippen molar-refractivity contribution in [3.05, 3.63) is 0 Å². The number of nitrogens with zero attached hydrogens (tertiary/aromatic N) is 1. The Bertz CT molecular complexity index is 347. The first-order valence-corrected chi connectivity index (χ1v) is 7.30. The SMILES string of the molecule is CCC1(CC)C(=O)NCC(=O)N1CC1CCOCC1. The molecule has 0 aromatic heterocycles. The van der Waals surface area contributed by atoms with E-state index < -0.39 is 5.54 Å². The van der Waals surface area contributed by atoms with Crippen molar-refractivity contribution in [3.8, 4) is 0 Å². The number of hydrogen-bond donors (Lipinski definition) is 1. The van der Waals surface area contributed by atoms with Crippen LogP contribution in [0.5, 0.6) is 0 Å². The molecular weight excluding hydrogens is 244 g/mol. The molecule has 2 aliphatic heterocycles. The summed E-state index contributed by atoms with van der Waals surface area (Å²) < 4.78 is 5.36. The standard InChI is InChI=1S/C14H24N2O3/c1-3-14(4-2)13(18)15-9-12(17)16(14)10-11-5-7-19-8-6-11/h11H,3-10H2,1-2H3,(H,15,18). The topological polar surface area (TPSA) is 58.6 Å². The summed E-state index contributed by atoms with van der Waals surface area (Å²) in [6.45, 7) is 6.34. The van der Waals surface area contributed by atoms with E-state index in [1.807, 2.05) is 18.7 Å². The zero-order valence-electron chi connectivity index (χ0n) is 11.9. The van der Waals surface area contributed by atoms with Crippen LogP contribution in [0.3, 0.4) is 0 Å². The Morgan fingerprint density at radius 2 is 1.89 bits per heavy atom. The Hall–Kier alpha value is -1.10. The minimum Gasteiger partial charge on any atom is -0.381 e. The molecule has 19 heavy (non-hydrogen) atoms. The minimum atomic E-state index is -0.645. The lowest BCUT2D eigenvalue weighted by Crippen LogP contribution is -2.67. The molecule has 5 heteroatoms. The average molecular weight is 268 g/mol. The molecule has 2 saturated heterocycles. The molecule has 2 aliphatic rings. The van der Waals surface area contributed by atoms with E-state index in [-0.39, 0.29) is 18.4 Å². The molecule has 0 bridgehead atoms. The zero-order chi connectivity index (χ0) is 13.9. The lowest BCUT2D eigenvalue weighted by molar-refractivity contribution is -0.156. The van der Waals surface area contributed by atoms with Crippen LogP contribution in [0.1, 0.15) is 39.5 Å². The van der Waals surface area contributed by atoms with Crippen LogP contribution in [-0.4, -0.2) is 48.6 Å². The molecule has 0 unspecified atom stereocenters. The van der Waals surface area contributed by atoms with E-state index in [0.29, 0.717) is 25.3 Å². The monoisotopic (exact) mass is 268 g/mol. The van der Waals surface area contributed by atoms with E-state index in [2.05, 4.69) is 5.32 Å². The number of rotatable bonds is 4. The van der Waals surface area contributed by atoms with Gasteiger partial charge in [0.25, 0.3) is 0 Å². The normalized spacial score (nSPS) is 24.4. The van der Waals surface area contributed by atoms with Crippen molar-refractivity contribution in [1.29, 1.82) is 0 Å². The van der Waals surface area contributed by atoms with Gasteiger partial charge in [0.2, 0.25) is 11.8 Å². The molecule has 2 fully saturated rings. The maximum Gasteiger partial charge on any atom is 0.246 e. The van der Waals surface area contributed by atoms with Crippen LogP contribution < -0.4 is 5.32 Å². The van der Waals surface area contributed by atoms with Crippen LogP contribution in [0.2, 0.25) is 0 Å². The molecule has 2 amide bonds. The first-order valence-electron chi connectivity index (χ1n) is 7.30. The summed E-state index contributed by atoms with van der Waals surface area (Å²) in [5, 5.41) is 2.74. The first kappa shape index (κ1) is 14.3. The van der Waals surface area contributed by atoms with Gasteiger partial charge in [0, 0.05) is 19.8 Å². The fraction of sp³-hybridized carbons (Fsp3) is 0.857. The summed E-state index contributed by atoms with van der Waals surface area (Å²) in [5.41, 5.74) is -0.645. The molecule has 0 aromatic rings. The third-order valence-electron chi connectivity index (χ3n) is 4.59. The number of amides is 2. The first-order chi connectivity index (χ1) is 9.14. The van der Waals surface area contributed by atoms with Crippen molar-refractivity contribution in [2.75, 3.05) is 26.3 Å². The van der Waals surface area contributed by atoms with Crippen molar-refractivity contribution < 1.29 is 14.3 Å². The van der Waals surface area contributed by atoms with Crippen molar-refractivity contribution in [3.63, 3.8) is 0 Å². The number of piperazine rings is 1. The van der Waals surface area contributed by atoms with Gasteiger partial charge in [-0.2, -0.15) is 0 Å². The molecule has 0 saturated carbocycles. The smallest absolute Gasteiger partial charge is 0.246 e.